The van der Waals surface area contributed by atoms with Gasteiger partial charge in [-0.1, -0.05) is 43.5 Å². The summed E-state index contributed by atoms with van der Waals surface area (Å²) < 4.78 is 5.13. The summed E-state index contributed by atoms with van der Waals surface area (Å²) in [6.07, 6.45) is 4.96. The Labute approximate surface area is 101 Å². The largest absolute Gasteiger partial charge is 0.352 e. The van der Waals surface area contributed by atoms with Crippen LogP contribution in [0.3, 0.4) is 0 Å². The highest BCUT2D eigenvalue weighted by Gasteiger charge is 2.15. The zero-order valence-electron chi connectivity index (χ0n) is 10.1. The maximum Gasteiger partial charge on any atom is 0.210 e. The van der Waals surface area contributed by atoms with E-state index in [1.165, 1.54) is 12.8 Å². The van der Waals surface area contributed by atoms with Crippen molar-refractivity contribution < 1.29 is 9.32 Å². The minimum atomic E-state index is 0.0646. The summed E-state index contributed by atoms with van der Waals surface area (Å²) in [5.74, 6) is 0.479. The van der Waals surface area contributed by atoms with E-state index in [9.17, 15) is 4.79 Å². The molecule has 0 N–H and O–H groups in total. The minimum absolute atomic E-state index is 0.0646. The van der Waals surface area contributed by atoms with Gasteiger partial charge in [0.05, 0.1) is 5.39 Å². The number of fused-ring (bicyclic) bond motifs is 1. The highest BCUT2D eigenvalue weighted by Crippen LogP contribution is 2.20. The second-order valence-electron chi connectivity index (χ2n) is 4.26. The van der Waals surface area contributed by atoms with Gasteiger partial charge in [0.15, 0.2) is 0 Å². The van der Waals surface area contributed by atoms with E-state index < -0.39 is 0 Å². The van der Waals surface area contributed by atoms with Gasteiger partial charge in [-0.05, 0) is 18.6 Å². The van der Waals surface area contributed by atoms with Gasteiger partial charge in [0.25, 0.3) is 0 Å². The smallest absolute Gasteiger partial charge is 0.210 e. The van der Waals surface area contributed by atoms with Crippen LogP contribution in [-0.4, -0.2) is 10.9 Å². The summed E-state index contributed by atoms with van der Waals surface area (Å²) >= 11 is 0. The maximum absolute atomic E-state index is 11.9. The van der Waals surface area contributed by atoms with E-state index in [2.05, 4.69) is 12.1 Å². The van der Waals surface area contributed by atoms with E-state index in [0.29, 0.717) is 12.2 Å². The molecular formula is C14H17NO2. The Morgan fingerprint density at radius 3 is 2.88 bits per heavy atom. The normalized spacial score (nSPS) is 10.9. The quantitative estimate of drug-likeness (QED) is 0.558. The number of carbonyl (C=O) groups excluding carboxylic acids is 1. The highest BCUT2D eigenvalue weighted by molar-refractivity contribution is 6.04. The molecule has 0 amide bonds. The van der Waals surface area contributed by atoms with Gasteiger partial charge in [-0.3, -0.25) is 4.79 Å². The zero-order chi connectivity index (χ0) is 12.1. The lowest BCUT2D eigenvalue weighted by atomic mass is 10.1. The number of aromatic nitrogens is 1. The Morgan fingerprint density at radius 1 is 1.24 bits per heavy atom. The first-order valence-corrected chi connectivity index (χ1v) is 6.20. The van der Waals surface area contributed by atoms with Crippen molar-refractivity contribution >= 4 is 16.7 Å². The minimum Gasteiger partial charge on any atom is -0.352 e. The summed E-state index contributed by atoms with van der Waals surface area (Å²) in [5, 5.41) is 4.72. The summed E-state index contributed by atoms with van der Waals surface area (Å²) in [7, 11) is 0. The van der Waals surface area contributed by atoms with Crippen molar-refractivity contribution in [3.8, 4) is 0 Å². The third kappa shape index (κ3) is 2.73. The average molecular weight is 231 g/mol. The molecule has 0 unspecified atom stereocenters. The monoisotopic (exact) mass is 231 g/mol. The van der Waals surface area contributed by atoms with Crippen molar-refractivity contribution in [1.29, 1.82) is 0 Å². The molecule has 0 aliphatic carbocycles. The van der Waals surface area contributed by atoms with Crippen LogP contribution in [-0.2, 0) is 0 Å². The molecule has 0 bridgehead atoms. The van der Waals surface area contributed by atoms with Crippen molar-refractivity contribution in [2.24, 2.45) is 0 Å². The van der Waals surface area contributed by atoms with E-state index >= 15 is 0 Å². The van der Waals surface area contributed by atoms with Gasteiger partial charge < -0.3 is 4.52 Å². The van der Waals surface area contributed by atoms with Crippen molar-refractivity contribution in [2.45, 2.75) is 39.0 Å². The first-order chi connectivity index (χ1) is 8.33. The van der Waals surface area contributed by atoms with Gasteiger partial charge in [-0.25, -0.2) is 0 Å². The number of nitrogens with zero attached hydrogens (tertiary/aromatic N) is 1. The van der Waals surface area contributed by atoms with Gasteiger partial charge in [-0.15, -0.1) is 0 Å². The molecule has 1 heterocycles. The van der Waals surface area contributed by atoms with Gasteiger partial charge in [0.2, 0.25) is 11.5 Å². The number of rotatable bonds is 6. The van der Waals surface area contributed by atoms with Crippen LogP contribution < -0.4 is 0 Å². The van der Waals surface area contributed by atoms with E-state index in [4.69, 9.17) is 4.52 Å². The number of benzene rings is 1. The first kappa shape index (κ1) is 11.8. The molecule has 0 aliphatic heterocycles. The van der Waals surface area contributed by atoms with Crippen LogP contribution in [0.25, 0.3) is 10.9 Å². The fourth-order valence-corrected chi connectivity index (χ4v) is 1.92. The summed E-state index contributed by atoms with van der Waals surface area (Å²) in [4.78, 5) is 11.9. The average Bonchev–Trinajstić information content (AvgIpc) is 2.78. The van der Waals surface area contributed by atoms with E-state index in [1.54, 1.807) is 0 Å². The zero-order valence-corrected chi connectivity index (χ0v) is 10.1. The second-order valence-corrected chi connectivity index (χ2v) is 4.26. The fraction of sp³-hybridized carbons (Fsp3) is 0.429. The molecule has 0 radical (unpaired) electrons. The van der Waals surface area contributed by atoms with Crippen molar-refractivity contribution in [3.63, 3.8) is 0 Å². The molecule has 0 aliphatic rings. The van der Waals surface area contributed by atoms with E-state index in [0.717, 1.165) is 23.7 Å². The molecule has 0 saturated carbocycles. The summed E-state index contributed by atoms with van der Waals surface area (Å²) in [5.41, 5.74) is 0.754. The van der Waals surface area contributed by atoms with E-state index in [-0.39, 0.29) is 5.78 Å². The van der Waals surface area contributed by atoms with Crippen LogP contribution in [0.5, 0.6) is 0 Å². The highest BCUT2D eigenvalue weighted by atomic mass is 16.5. The SMILES string of the molecule is CCCCCCC(=O)c1onc2ccccc12. The molecule has 0 atom stereocenters. The predicted octanol–water partition coefficient (Wildman–Crippen LogP) is 3.98. The Bertz CT molecular complexity index is 502. The van der Waals surface area contributed by atoms with Crippen molar-refractivity contribution in [1.82, 2.24) is 5.16 Å². The van der Waals surface area contributed by atoms with Crippen LogP contribution in [0, 0.1) is 0 Å². The van der Waals surface area contributed by atoms with Crippen LogP contribution >= 0.6 is 0 Å². The summed E-state index contributed by atoms with van der Waals surface area (Å²) in [6.45, 7) is 2.16. The molecule has 3 nitrogen and oxygen atoms in total. The molecule has 1 aromatic heterocycles. The Kier molecular flexibility index (Phi) is 3.91. The number of hydrogen-bond donors (Lipinski definition) is 0. The molecule has 2 rings (SSSR count). The van der Waals surface area contributed by atoms with Crippen LogP contribution in [0.4, 0.5) is 0 Å². The predicted molar refractivity (Wildman–Crippen MR) is 67.1 cm³/mol. The molecule has 17 heavy (non-hydrogen) atoms. The molecule has 1 aromatic carbocycles. The van der Waals surface area contributed by atoms with Gasteiger partial charge in [-0.2, -0.15) is 0 Å². The molecule has 0 fully saturated rings. The number of unbranched alkanes of at least 4 members (excludes halogenated alkanes) is 3. The van der Waals surface area contributed by atoms with Crippen molar-refractivity contribution in [2.75, 3.05) is 0 Å². The summed E-state index contributed by atoms with van der Waals surface area (Å²) in [6, 6.07) is 7.52. The van der Waals surface area contributed by atoms with Crippen molar-refractivity contribution in [3.05, 3.63) is 30.0 Å². The Hall–Kier alpha value is -1.64. The maximum atomic E-state index is 11.9. The van der Waals surface area contributed by atoms with Crippen LogP contribution in [0.2, 0.25) is 0 Å². The molecular weight excluding hydrogens is 214 g/mol. The molecule has 0 saturated heterocycles. The number of hydrogen-bond acceptors (Lipinski definition) is 3. The Morgan fingerprint density at radius 2 is 2.06 bits per heavy atom. The third-order valence-corrected chi connectivity index (χ3v) is 2.89. The second kappa shape index (κ2) is 5.62. The third-order valence-electron chi connectivity index (χ3n) is 2.89. The fourth-order valence-electron chi connectivity index (χ4n) is 1.92. The lowest BCUT2D eigenvalue weighted by Gasteiger charge is -1.97. The van der Waals surface area contributed by atoms with Gasteiger partial charge in [0.1, 0.15) is 5.52 Å². The Balaban J connectivity index is 2.04. The number of Topliss-reactive ketones (excluding diaryl/α,β-unsaturated/α-hetero) is 1. The standard InChI is InChI=1S/C14H17NO2/c1-2-3-4-5-10-13(16)14-11-8-6-7-9-12(11)15-17-14/h6-9H,2-5,10H2,1H3. The van der Waals surface area contributed by atoms with Gasteiger partial charge in [0, 0.05) is 6.42 Å². The lowest BCUT2D eigenvalue weighted by molar-refractivity contribution is 0.0945. The number of ketones is 1. The molecule has 90 valence electrons. The van der Waals surface area contributed by atoms with Crippen LogP contribution in [0.15, 0.2) is 28.8 Å². The van der Waals surface area contributed by atoms with Crippen LogP contribution in [0.1, 0.15) is 49.6 Å². The molecule has 2 aromatic rings. The van der Waals surface area contributed by atoms with E-state index in [1.807, 2.05) is 24.3 Å². The van der Waals surface area contributed by atoms with Gasteiger partial charge >= 0.3 is 0 Å². The first-order valence-electron chi connectivity index (χ1n) is 6.20. The molecule has 3 heteroatoms. The lowest BCUT2D eigenvalue weighted by Crippen LogP contribution is -1.97. The molecule has 0 spiro atoms. The topological polar surface area (TPSA) is 43.1 Å². The number of carbonyl (C=O) groups is 1.